The molecule has 5 nitrogen and oxygen atoms in total. The van der Waals surface area contributed by atoms with Gasteiger partial charge in [-0.2, -0.15) is 0 Å². The lowest BCUT2D eigenvalue weighted by molar-refractivity contribution is 0.254. The Morgan fingerprint density at radius 3 is 2.78 bits per heavy atom. The van der Waals surface area contributed by atoms with Crippen molar-refractivity contribution in [2.45, 2.75) is 31.3 Å². The first kappa shape index (κ1) is 14.5. The standard InChI is InChI=1S/C18H23N5/c1-22-15-4-5-17(22)13-23(10-8-15)16-6-7-18(20-12-16)21-14-3-2-9-19-11-14/h2-3,6-7,9,11-12,15,17H,4-5,8,10,13H2,1H3,(H,20,21). The third-order valence-corrected chi connectivity index (χ3v) is 5.20. The molecule has 0 radical (unpaired) electrons. The van der Waals surface area contributed by atoms with Gasteiger partial charge in [0, 0.05) is 31.4 Å². The fourth-order valence-electron chi connectivity index (χ4n) is 3.77. The van der Waals surface area contributed by atoms with Crippen molar-refractivity contribution in [3.05, 3.63) is 42.9 Å². The minimum absolute atomic E-state index is 0.690. The van der Waals surface area contributed by atoms with Gasteiger partial charge in [0.25, 0.3) is 0 Å². The zero-order valence-electron chi connectivity index (χ0n) is 13.5. The highest BCUT2D eigenvalue weighted by Gasteiger charge is 2.34. The first-order valence-electron chi connectivity index (χ1n) is 8.39. The highest BCUT2D eigenvalue weighted by atomic mass is 15.3. The monoisotopic (exact) mass is 309 g/mol. The fraction of sp³-hybridized carbons (Fsp3) is 0.444. The topological polar surface area (TPSA) is 44.3 Å². The van der Waals surface area contributed by atoms with Crippen molar-refractivity contribution in [3.8, 4) is 0 Å². The Balaban J connectivity index is 1.46. The molecule has 2 fully saturated rings. The molecule has 0 aliphatic carbocycles. The molecule has 2 unspecified atom stereocenters. The first-order chi connectivity index (χ1) is 11.3. The van der Waals surface area contributed by atoms with Crippen LogP contribution in [0.5, 0.6) is 0 Å². The van der Waals surface area contributed by atoms with Crippen molar-refractivity contribution in [1.29, 1.82) is 0 Å². The third kappa shape index (κ3) is 3.01. The summed E-state index contributed by atoms with van der Waals surface area (Å²) in [7, 11) is 2.28. The van der Waals surface area contributed by atoms with E-state index in [9.17, 15) is 0 Å². The second kappa shape index (κ2) is 6.16. The summed E-state index contributed by atoms with van der Waals surface area (Å²) in [6.07, 6.45) is 9.50. The number of fused-ring (bicyclic) bond motifs is 2. The van der Waals surface area contributed by atoms with Crippen LogP contribution in [-0.4, -0.2) is 47.1 Å². The molecular weight excluding hydrogens is 286 g/mol. The van der Waals surface area contributed by atoms with Gasteiger partial charge in [-0.25, -0.2) is 4.98 Å². The molecule has 2 saturated heterocycles. The van der Waals surface area contributed by atoms with Crippen LogP contribution in [0.1, 0.15) is 19.3 Å². The number of nitrogens with one attached hydrogen (secondary N) is 1. The van der Waals surface area contributed by atoms with Crippen LogP contribution in [0.25, 0.3) is 0 Å². The van der Waals surface area contributed by atoms with E-state index >= 15 is 0 Å². The Labute approximate surface area is 137 Å². The molecule has 0 amide bonds. The van der Waals surface area contributed by atoms with Crippen LogP contribution in [0.15, 0.2) is 42.9 Å². The number of pyridine rings is 2. The third-order valence-electron chi connectivity index (χ3n) is 5.20. The summed E-state index contributed by atoms with van der Waals surface area (Å²) in [5.41, 5.74) is 2.18. The molecule has 2 bridgehead atoms. The van der Waals surface area contributed by atoms with E-state index in [1.54, 1.807) is 12.4 Å². The van der Waals surface area contributed by atoms with E-state index in [1.165, 1.54) is 24.9 Å². The highest BCUT2D eigenvalue weighted by Crippen LogP contribution is 2.30. The normalized spacial score (nSPS) is 24.5. The van der Waals surface area contributed by atoms with Crippen molar-refractivity contribution in [2.24, 2.45) is 0 Å². The van der Waals surface area contributed by atoms with Gasteiger partial charge in [0.05, 0.1) is 23.8 Å². The van der Waals surface area contributed by atoms with Gasteiger partial charge < -0.3 is 10.2 Å². The molecule has 5 heteroatoms. The lowest BCUT2D eigenvalue weighted by Gasteiger charge is -2.27. The van der Waals surface area contributed by atoms with E-state index in [0.717, 1.165) is 30.6 Å². The summed E-state index contributed by atoms with van der Waals surface area (Å²) >= 11 is 0. The molecule has 2 aromatic heterocycles. The second-order valence-electron chi connectivity index (χ2n) is 6.55. The van der Waals surface area contributed by atoms with E-state index in [2.05, 4.69) is 44.3 Å². The molecule has 0 spiro atoms. The summed E-state index contributed by atoms with van der Waals surface area (Å²) in [6, 6.07) is 9.59. The summed E-state index contributed by atoms with van der Waals surface area (Å²) < 4.78 is 0. The van der Waals surface area contributed by atoms with E-state index in [1.807, 2.05) is 18.3 Å². The highest BCUT2D eigenvalue weighted by molar-refractivity contribution is 5.57. The smallest absolute Gasteiger partial charge is 0.130 e. The molecule has 2 aliphatic rings. The average molecular weight is 309 g/mol. The number of hydrogen-bond donors (Lipinski definition) is 1. The lowest BCUT2D eigenvalue weighted by atomic mass is 10.1. The van der Waals surface area contributed by atoms with Gasteiger partial charge in [0.2, 0.25) is 0 Å². The Hall–Kier alpha value is -2.14. The summed E-state index contributed by atoms with van der Waals surface area (Å²) in [6.45, 7) is 2.24. The van der Waals surface area contributed by atoms with Crippen molar-refractivity contribution < 1.29 is 0 Å². The maximum atomic E-state index is 4.57. The van der Waals surface area contributed by atoms with E-state index < -0.39 is 0 Å². The van der Waals surface area contributed by atoms with Crippen LogP contribution >= 0.6 is 0 Å². The van der Waals surface area contributed by atoms with Gasteiger partial charge in [-0.15, -0.1) is 0 Å². The van der Waals surface area contributed by atoms with Crippen molar-refractivity contribution in [2.75, 3.05) is 30.4 Å². The van der Waals surface area contributed by atoms with Gasteiger partial charge in [-0.05, 0) is 50.6 Å². The van der Waals surface area contributed by atoms with Gasteiger partial charge in [0.1, 0.15) is 5.82 Å². The van der Waals surface area contributed by atoms with Crippen molar-refractivity contribution >= 4 is 17.2 Å². The van der Waals surface area contributed by atoms with Crippen LogP contribution in [0, 0.1) is 0 Å². The predicted octanol–water partition coefficient (Wildman–Crippen LogP) is 2.89. The predicted molar refractivity (Wildman–Crippen MR) is 93.2 cm³/mol. The summed E-state index contributed by atoms with van der Waals surface area (Å²) in [4.78, 5) is 13.7. The van der Waals surface area contributed by atoms with Crippen LogP contribution < -0.4 is 10.2 Å². The molecule has 0 saturated carbocycles. The van der Waals surface area contributed by atoms with E-state index in [4.69, 9.17) is 0 Å². The molecule has 1 N–H and O–H groups in total. The quantitative estimate of drug-likeness (QED) is 0.944. The van der Waals surface area contributed by atoms with Crippen molar-refractivity contribution in [1.82, 2.24) is 14.9 Å². The minimum Gasteiger partial charge on any atom is -0.369 e. The van der Waals surface area contributed by atoms with Crippen molar-refractivity contribution in [3.63, 3.8) is 0 Å². The molecule has 2 aliphatic heterocycles. The molecule has 2 aromatic rings. The lowest BCUT2D eigenvalue weighted by Crippen LogP contribution is -2.36. The molecule has 120 valence electrons. The van der Waals surface area contributed by atoms with E-state index in [-0.39, 0.29) is 0 Å². The maximum Gasteiger partial charge on any atom is 0.130 e. The van der Waals surface area contributed by atoms with Crippen LogP contribution in [-0.2, 0) is 0 Å². The zero-order valence-corrected chi connectivity index (χ0v) is 13.5. The molecule has 4 heterocycles. The number of aromatic nitrogens is 2. The van der Waals surface area contributed by atoms with E-state index in [0.29, 0.717) is 6.04 Å². The summed E-state index contributed by atoms with van der Waals surface area (Å²) in [5, 5.41) is 3.28. The van der Waals surface area contributed by atoms with Crippen LogP contribution in [0.3, 0.4) is 0 Å². The Kier molecular flexibility index (Phi) is 3.87. The number of nitrogens with zero attached hydrogens (tertiary/aromatic N) is 4. The number of likely N-dealkylation sites (N-methyl/N-ethyl adjacent to an activating group) is 1. The average Bonchev–Trinajstić information content (AvgIpc) is 2.82. The van der Waals surface area contributed by atoms with Crippen LogP contribution in [0.2, 0.25) is 0 Å². The molecule has 23 heavy (non-hydrogen) atoms. The van der Waals surface area contributed by atoms with Gasteiger partial charge in [0.15, 0.2) is 0 Å². The first-order valence-corrected chi connectivity index (χ1v) is 8.39. The number of rotatable bonds is 3. The van der Waals surface area contributed by atoms with Gasteiger partial charge in [-0.1, -0.05) is 0 Å². The fourth-order valence-corrected chi connectivity index (χ4v) is 3.77. The summed E-state index contributed by atoms with van der Waals surface area (Å²) in [5.74, 6) is 0.857. The molecule has 2 atom stereocenters. The van der Waals surface area contributed by atoms with Crippen LogP contribution in [0.4, 0.5) is 17.2 Å². The Morgan fingerprint density at radius 1 is 1.09 bits per heavy atom. The van der Waals surface area contributed by atoms with Gasteiger partial charge >= 0.3 is 0 Å². The number of hydrogen-bond acceptors (Lipinski definition) is 5. The Morgan fingerprint density at radius 2 is 2.00 bits per heavy atom. The maximum absolute atomic E-state index is 4.57. The second-order valence-corrected chi connectivity index (χ2v) is 6.55. The molecule has 0 aromatic carbocycles. The van der Waals surface area contributed by atoms with Gasteiger partial charge in [-0.3, -0.25) is 9.88 Å². The number of anilines is 3. The zero-order chi connectivity index (χ0) is 15.6. The minimum atomic E-state index is 0.690. The largest absolute Gasteiger partial charge is 0.369 e. The molecule has 4 rings (SSSR count). The SMILES string of the molecule is CN1C2CCC1CN(c1ccc(Nc3cccnc3)nc1)CC2. The Bertz CT molecular complexity index is 642. The molecular formula is C18H23N5.